The molecule has 0 spiro atoms. The highest BCUT2D eigenvalue weighted by Crippen LogP contribution is 2.38. The maximum absolute atomic E-state index is 14.1. The number of thiazole rings is 1. The topological polar surface area (TPSA) is 82.4 Å². The molecule has 0 N–H and O–H groups in total. The number of carbonyl (C=O) groups excluding carboxylic acids is 1. The van der Waals surface area contributed by atoms with Crippen molar-refractivity contribution >= 4 is 34.9 Å². The van der Waals surface area contributed by atoms with Crippen LogP contribution in [0.5, 0.6) is 17.2 Å². The van der Waals surface area contributed by atoms with Crippen LogP contribution in [0, 0.1) is 12.3 Å². The molecule has 0 saturated carbocycles. The van der Waals surface area contributed by atoms with E-state index in [0.29, 0.717) is 73.7 Å². The number of carbonyl (C=O) groups is 1. The zero-order chi connectivity index (χ0) is 29.7. The lowest BCUT2D eigenvalue weighted by atomic mass is 9.94. The second kappa shape index (κ2) is 13.1. The number of fused-ring (bicyclic) bond motifs is 1. The molecule has 1 aromatic heterocycles. The molecule has 1 aliphatic heterocycles. The summed E-state index contributed by atoms with van der Waals surface area (Å²) >= 11 is 7.76. The first-order chi connectivity index (χ1) is 19.8. The van der Waals surface area contributed by atoms with Crippen LogP contribution in [0.15, 0.2) is 57.5 Å². The molecule has 0 aliphatic carbocycles. The number of aromatic nitrogens is 1. The van der Waals surface area contributed by atoms with Crippen LogP contribution in [-0.2, 0) is 4.79 Å². The summed E-state index contributed by atoms with van der Waals surface area (Å²) in [6.07, 6.45) is 7.07. The molecule has 1 atom stereocenters. The molecule has 4 rings (SSSR count). The van der Waals surface area contributed by atoms with Gasteiger partial charge in [-0.1, -0.05) is 47.1 Å². The van der Waals surface area contributed by atoms with E-state index in [1.54, 1.807) is 41.7 Å². The summed E-state index contributed by atoms with van der Waals surface area (Å²) in [6.45, 7) is 8.98. The van der Waals surface area contributed by atoms with Gasteiger partial charge in [-0.15, -0.1) is 6.42 Å². The standard InChI is InChI=1S/C31H32ClN3O5S/c1-7-15-40-28-22(32)16-20(17-24(28)39-10-4)18-25-29(36)35-27(21-13-11-12-14-23(21)38-6)26(19(5)33-31(35)41-25)30(37)34(8-2)9-3/h1,11-14,16-18,27H,8-10,15H2,2-6H3/b25-18+/t27-/m0/s1. The van der Waals surface area contributed by atoms with Crippen LogP contribution in [-0.4, -0.2) is 48.8 Å². The Morgan fingerprint density at radius 1 is 1.20 bits per heavy atom. The first kappa shape index (κ1) is 30.0. The Morgan fingerprint density at radius 2 is 1.93 bits per heavy atom. The molecule has 0 unspecified atom stereocenters. The SMILES string of the molecule is C#CCOc1c(Cl)cc(/C=c2/sc3n(c2=O)[C@@H](c2ccccc2OC)C(C(=O)N(CC)CC)=C(C)N=3)cc1OCC. The van der Waals surface area contributed by atoms with E-state index in [-0.39, 0.29) is 18.1 Å². The molecule has 0 saturated heterocycles. The molecule has 0 radical (unpaired) electrons. The molecule has 2 heterocycles. The fourth-order valence-corrected chi connectivity index (χ4v) is 6.12. The third-order valence-corrected chi connectivity index (χ3v) is 7.93. The monoisotopic (exact) mass is 593 g/mol. The van der Waals surface area contributed by atoms with E-state index in [0.717, 1.165) is 0 Å². The van der Waals surface area contributed by atoms with E-state index in [9.17, 15) is 9.59 Å². The number of halogens is 1. The van der Waals surface area contributed by atoms with Crippen molar-refractivity contribution in [3.8, 4) is 29.6 Å². The number of methoxy groups -OCH3 is 1. The molecule has 8 nitrogen and oxygen atoms in total. The van der Waals surface area contributed by atoms with Crippen LogP contribution in [0.25, 0.3) is 6.08 Å². The number of para-hydroxylation sites is 1. The fourth-order valence-electron chi connectivity index (χ4n) is 4.80. The van der Waals surface area contributed by atoms with Crippen molar-refractivity contribution in [3.05, 3.63) is 83.5 Å². The summed E-state index contributed by atoms with van der Waals surface area (Å²) in [4.78, 5) is 34.8. The lowest BCUT2D eigenvalue weighted by molar-refractivity contribution is -0.127. The zero-order valence-electron chi connectivity index (χ0n) is 23.7. The lowest BCUT2D eigenvalue weighted by Gasteiger charge is -2.29. The summed E-state index contributed by atoms with van der Waals surface area (Å²) in [7, 11) is 1.57. The van der Waals surface area contributed by atoms with Gasteiger partial charge in [-0.25, -0.2) is 4.99 Å². The summed E-state index contributed by atoms with van der Waals surface area (Å²) in [6, 6.07) is 10.1. The molecule has 1 amide bonds. The maximum Gasteiger partial charge on any atom is 0.271 e. The van der Waals surface area contributed by atoms with Gasteiger partial charge >= 0.3 is 0 Å². The number of hydrogen-bond donors (Lipinski definition) is 0. The number of ether oxygens (including phenoxy) is 3. The van der Waals surface area contributed by atoms with Crippen LogP contribution < -0.4 is 29.1 Å². The van der Waals surface area contributed by atoms with Gasteiger partial charge in [0.15, 0.2) is 16.3 Å². The van der Waals surface area contributed by atoms with Gasteiger partial charge < -0.3 is 19.1 Å². The predicted octanol–water partition coefficient (Wildman–Crippen LogP) is 4.18. The van der Waals surface area contributed by atoms with E-state index in [1.807, 2.05) is 45.0 Å². The number of benzene rings is 2. The van der Waals surface area contributed by atoms with Gasteiger partial charge in [0.2, 0.25) is 0 Å². The van der Waals surface area contributed by atoms with Crippen molar-refractivity contribution in [2.24, 2.45) is 4.99 Å². The van der Waals surface area contributed by atoms with E-state index in [4.69, 9.17) is 37.2 Å². The van der Waals surface area contributed by atoms with Crippen molar-refractivity contribution in [1.82, 2.24) is 9.47 Å². The molecule has 0 bridgehead atoms. The molecule has 2 aromatic carbocycles. The van der Waals surface area contributed by atoms with Crippen LogP contribution in [0.2, 0.25) is 5.02 Å². The number of hydrogen-bond acceptors (Lipinski definition) is 7. The van der Waals surface area contributed by atoms with Gasteiger partial charge in [0.05, 0.1) is 34.5 Å². The van der Waals surface area contributed by atoms with Gasteiger partial charge in [0.25, 0.3) is 11.5 Å². The van der Waals surface area contributed by atoms with Gasteiger partial charge in [-0.05, 0) is 57.5 Å². The Kier molecular flexibility index (Phi) is 9.58. The van der Waals surface area contributed by atoms with Gasteiger partial charge in [0.1, 0.15) is 18.4 Å². The minimum absolute atomic E-state index is 0.0363. The molecular formula is C31H32ClN3O5S. The highest BCUT2D eigenvalue weighted by molar-refractivity contribution is 7.07. The summed E-state index contributed by atoms with van der Waals surface area (Å²) in [5, 5.41) is 0.306. The number of nitrogens with zero attached hydrogens (tertiary/aromatic N) is 3. The van der Waals surface area contributed by atoms with E-state index in [2.05, 4.69) is 5.92 Å². The minimum atomic E-state index is -0.722. The fraction of sp³-hybridized carbons (Fsp3) is 0.323. The maximum atomic E-state index is 14.1. The molecule has 214 valence electrons. The second-order valence-corrected chi connectivity index (χ2v) is 10.5. The molecule has 10 heteroatoms. The van der Waals surface area contributed by atoms with Crippen LogP contribution in [0.3, 0.4) is 0 Å². The molecule has 1 aliphatic rings. The number of rotatable bonds is 10. The van der Waals surface area contributed by atoms with Crippen molar-refractivity contribution < 1.29 is 19.0 Å². The summed E-state index contributed by atoms with van der Waals surface area (Å²) < 4.78 is 19.0. The minimum Gasteiger partial charge on any atom is -0.496 e. The highest BCUT2D eigenvalue weighted by Gasteiger charge is 2.35. The lowest BCUT2D eigenvalue weighted by Crippen LogP contribution is -2.43. The average molecular weight is 594 g/mol. The quantitative estimate of drug-likeness (QED) is 0.330. The smallest absolute Gasteiger partial charge is 0.271 e. The molecule has 0 fully saturated rings. The first-order valence-corrected chi connectivity index (χ1v) is 14.5. The second-order valence-electron chi connectivity index (χ2n) is 9.06. The first-order valence-electron chi connectivity index (χ1n) is 13.3. The number of likely N-dealkylation sites (N-methyl/N-ethyl adjacent to an activating group) is 1. The normalized spacial score (nSPS) is 14.7. The third kappa shape index (κ3) is 5.90. The molecular weight excluding hydrogens is 562 g/mol. The van der Waals surface area contributed by atoms with E-state index in [1.165, 1.54) is 11.3 Å². The third-order valence-electron chi connectivity index (χ3n) is 6.67. The largest absolute Gasteiger partial charge is 0.496 e. The Morgan fingerprint density at radius 3 is 2.59 bits per heavy atom. The number of terminal acetylenes is 1. The van der Waals surface area contributed by atoms with Crippen molar-refractivity contribution in [1.29, 1.82) is 0 Å². The van der Waals surface area contributed by atoms with Crippen molar-refractivity contribution in [2.75, 3.05) is 33.4 Å². The molecule has 41 heavy (non-hydrogen) atoms. The van der Waals surface area contributed by atoms with E-state index >= 15 is 0 Å². The van der Waals surface area contributed by atoms with Crippen LogP contribution in [0.1, 0.15) is 44.9 Å². The van der Waals surface area contributed by atoms with Crippen molar-refractivity contribution in [3.63, 3.8) is 0 Å². The van der Waals surface area contributed by atoms with Crippen molar-refractivity contribution in [2.45, 2.75) is 33.7 Å². The van der Waals surface area contributed by atoms with E-state index < -0.39 is 6.04 Å². The summed E-state index contributed by atoms with van der Waals surface area (Å²) in [5.74, 6) is 3.59. The number of allylic oxidation sites excluding steroid dienone is 1. The Bertz CT molecular complexity index is 1710. The Labute approximate surface area is 248 Å². The average Bonchev–Trinajstić information content (AvgIpc) is 3.26. The highest BCUT2D eigenvalue weighted by atomic mass is 35.5. The van der Waals surface area contributed by atoms with Gasteiger partial charge in [-0.2, -0.15) is 0 Å². The zero-order valence-corrected chi connectivity index (χ0v) is 25.3. The van der Waals surface area contributed by atoms with Crippen LogP contribution >= 0.6 is 22.9 Å². The predicted molar refractivity (Wildman–Crippen MR) is 162 cm³/mol. The van der Waals surface area contributed by atoms with Crippen LogP contribution in [0.4, 0.5) is 0 Å². The van der Waals surface area contributed by atoms with Gasteiger partial charge in [-0.3, -0.25) is 14.2 Å². The van der Waals surface area contributed by atoms with Gasteiger partial charge in [0, 0.05) is 18.7 Å². The Hall–Kier alpha value is -4.00. The number of amides is 1. The summed E-state index contributed by atoms with van der Waals surface area (Å²) in [5.41, 5.74) is 2.05. The molecule has 3 aromatic rings. The Balaban J connectivity index is 1.95.